The molecule has 1 saturated heterocycles. The van der Waals surface area contributed by atoms with E-state index in [0.29, 0.717) is 17.1 Å². The monoisotopic (exact) mass is 335 g/mol. The van der Waals surface area contributed by atoms with Crippen molar-refractivity contribution in [2.75, 3.05) is 43.1 Å². The van der Waals surface area contributed by atoms with E-state index in [-0.39, 0.29) is 24.4 Å². The van der Waals surface area contributed by atoms with E-state index in [9.17, 15) is 15.2 Å². The number of hydrogen-bond acceptors (Lipinski definition) is 8. The van der Waals surface area contributed by atoms with Gasteiger partial charge in [-0.25, -0.2) is 4.63 Å². The molecule has 9 heteroatoms. The summed E-state index contributed by atoms with van der Waals surface area (Å²) >= 11 is 0. The Hall–Kier alpha value is -2.42. The lowest BCUT2D eigenvalue weighted by Crippen LogP contribution is -2.34. The third-order valence-electron chi connectivity index (χ3n) is 4.50. The summed E-state index contributed by atoms with van der Waals surface area (Å²) in [5.41, 5.74) is 1.62. The summed E-state index contributed by atoms with van der Waals surface area (Å²) in [6.07, 6.45) is 2.23. The van der Waals surface area contributed by atoms with Crippen molar-refractivity contribution in [3.63, 3.8) is 0 Å². The maximum atomic E-state index is 11.6. The van der Waals surface area contributed by atoms with E-state index in [1.807, 2.05) is 0 Å². The molecule has 2 aromatic rings. The van der Waals surface area contributed by atoms with Gasteiger partial charge in [0.25, 0.3) is 0 Å². The van der Waals surface area contributed by atoms with Gasteiger partial charge in [-0.05, 0) is 35.1 Å². The average molecular weight is 335 g/mol. The first-order valence-corrected chi connectivity index (χ1v) is 8.03. The molecule has 0 aliphatic carbocycles. The van der Waals surface area contributed by atoms with Crippen molar-refractivity contribution >= 4 is 28.1 Å². The molecule has 0 amide bonds. The van der Waals surface area contributed by atoms with Crippen LogP contribution in [-0.2, 0) is 0 Å². The Bertz CT molecular complexity index is 747. The first-order valence-electron chi connectivity index (χ1n) is 8.03. The van der Waals surface area contributed by atoms with E-state index in [1.54, 1.807) is 18.0 Å². The topological polar surface area (TPSA) is 109 Å². The van der Waals surface area contributed by atoms with Crippen molar-refractivity contribution in [1.82, 2.24) is 10.3 Å². The van der Waals surface area contributed by atoms with Crippen LogP contribution in [0.15, 0.2) is 10.7 Å². The standard InChI is InChI=1S/C15H21N5O4/c1-10-4-3-5-19(9-10)11-8-12(18(2)6-7-21)15(20(22)23)14-13(11)16-24-17-14/h8,10,21H,3-7,9H2,1-2H3/t10-/m0/s1. The molecule has 0 saturated carbocycles. The van der Waals surface area contributed by atoms with E-state index in [2.05, 4.69) is 22.1 Å². The van der Waals surface area contributed by atoms with Crippen LogP contribution in [-0.4, -0.2) is 53.6 Å². The molecule has 130 valence electrons. The van der Waals surface area contributed by atoms with Gasteiger partial charge in [0, 0.05) is 26.7 Å². The Labute approximate surface area is 138 Å². The number of likely N-dealkylation sites (N-methyl/N-ethyl adjacent to an activating group) is 1. The van der Waals surface area contributed by atoms with Crippen LogP contribution < -0.4 is 9.80 Å². The number of rotatable bonds is 5. The lowest BCUT2D eigenvalue weighted by atomic mass is 9.99. The van der Waals surface area contributed by atoms with Gasteiger partial charge in [0.05, 0.1) is 17.2 Å². The fourth-order valence-electron chi connectivity index (χ4n) is 3.29. The molecular weight excluding hydrogens is 314 g/mol. The summed E-state index contributed by atoms with van der Waals surface area (Å²) in [4.78, 5) is 14.9. The van der Waals surface area contributed by atoms with Crippen molar-refractivity contribution in [2.45, 2.75) is 19.8 Å². The molecular formula is C15H21N5O4. The minimum atomic E-state index is -0.474. The largest absolute Gasteiger partial charge is 0.395 e. The van der Waals surface area contributed by atoms with Gasteiger partial charge in [-0.15, -0.1) is 0 Å². The summed E-state index contributed by atoms with van der Waals surface area (Å²) in [5, 5.41) is 28.4. The molecule has 1 fully saturated rings. The highest BCUT2D eigenvalue weighted by Crippen LogP contribution is 2.40. The Morgan fingerprint density at radius 3 is 2.92 bits per heavy atom. The van der Waals surface area contributed by atoms with Crippen molar-refractivity contribution in [3.05, 3.63) is 16.2 Å². The predicted octanol–water partition coefficient (Wildman–Crippen LogP) is 1.80. The Kier molecular flexibility index (Phi) is 4.52. The maximum absolute atomic E-state index is 11.6. The highest BCUT2D eigenvalue weighted by atomic mass is 16.6. The number of nitro groups is 1. The van der Waals surface area contributed by atoms with Gasteiger partial charge in [-0.2, -0.15) is 0 Å². The predicted molar refractivity (Wildman–Crippen MR) is 89.4 cm³/mol. The molecule has 1 aliphatic heterocycles. The van der Waals surface area contributed by atoms with E-state index in [4.69, 9.17) is 4.63 Å². The number of aromatic nitrogens is 2. The lowest BCUT2D eigenvalue weighted by Gasteiger charge is -2.33. The number of nitrogens with zero attached hydrogens (tertiary/aromatic N) is 5. The molecule has 9 nitrogen and oxygen atoms in total. The third kappa shape index (κ3) is 2.86. The fraction of sp³-hybridized carbons (Fsp3) is 0.600. The Morgan fingerprint density at radius 2 is 2.25 bits per heavy atom. The number of aliphatic hydroxyl groups is 1. The van der Waals surface area contributed by atoms with E-state index in [1.165, 1.54) is 6.42 Å². The van der Waals surface area contributed by atoms with Gasteiger partial charge in [-0.1, -0.05) is 6.92 Å². The maximum Gasteiger partial charge on any atom is 0.323 e. The van der Waals surface area contributed by atoms with Crippen LogP contribution in [0.4, 0.5) is 17.1 Å². The Morgan fingerprint density at radius 1 is 1.50 bits per heavy atom. The van der Waals surface area contributed by atoms with Crippen molar-refractivity contribution in [1.29, 1.82) is 0 Å². The third-order valence-corrected chi connectivity index (χ3v) is 4.50. The minimum Gasteiger partial charge on any atom is -0.395 e. The number of fused-ring (bicyclic) bond motifs is 1. The second-order valence-electron chi connectivity index (χ2n) is 6.32. The molecule has 1 atom stereocenters. The van der Waals surface area contributed by atoms with Gasteiger partial charge in [0.2, 0.25) is 5.52 Å². The SMILES string of the molecule is C[C@H]1CCCN(c2cc(N(C)CCO)c([N+](=O)[O-])c3nonc23)C1. The molecule has 0 radical (unpaired) electrons. The second kappa shape index (κ2) is 6.60. The number of piperidine rings is 1. The highest BCUT2D eigenvalue weighted by Gasteiger charge is 2.30. The van der Waals surface area contributed by atoms with Gasteiger partial charge < -0.3 is 14.9 Å². The van der Waals surface area contributed by atoms with Crippen molar-refractivity contribution < 1.29 is 14.7 Å². The zero-order valence-electron chi connectivity index (χ0n) is 13.8. The van der Waals surface area contributed by atoms with E-state index in [0.717, 1.165) is 25.2 Å². The number of nitro benzene ring substituents is 1. The smallest absolute Gasteiger partial charge is 0.323 e. The normalized spacial score (nSPS) is 18.1. The van der Waals surface area contributed by atoms with Crippen molar-refractivity contribution in [2.24, 2.45) is 5.92 Å². The van der Waals surface area contributed by atoms with Crippen LogP contribution in [0.3, 0.4) is 0 Å². The molecule has 0 unspecified atom stereocenters. The second-order valence-corrected chi connectivity index (χ2v) is 6.32. The lowest BCUT2D eigenvalue weighted by molar-refractivity contribution is -0.382. The van der Waals surface area contributed by atoms with Crippen LogP contribution in [0.25, 0.3) is 11.0 Å². The zero-order valence-corrected chi connectivity index (χ0v) is 13.8. The van der Waals surface area contributed by atoms with E-state index >= 15 is 0 Å². The zero-order chi connectivity index (χ0) is 17.3. The molecule has 2 heterocycles. The summed E-state index contributed by atoms with van der Waals surface area (Å²) in [7, 11) is 1.71. The molecule has 0 bridgehead atoms. The minimum absolute atomic E-state index is 0.0984. The number of hydrogen-bond donors (Lipinski definition) is 1. The highest BCUT2D eigenvalue weighted by molar-refractivity contribution is 6.00. The summed E-state index contributed by atoms with van der Waals surface area (Å²) in [5.74, 6) is 0.544. The fourth-order valence-corrected chi connectivity index (χ4v) is 3.29. The van der Waals surface area contributed by atoms with Gasteiger partial charge in [-0.3, -0.25) is 10.1 Å². The summed E-state index contributed by atoms with van der Waals surface area (Å²) in [6, 6.07) is 1.76. The van der Waals surface area contributed by atoms with Crippen molar-refractivity contribution in [3.8, 4) is 0 Å². The number of aliphatic hydroxyl groups excluding tert-OH is 1. The molecule has 3 rings (SSSR count). The first kappa shape index (κ1) is 16.4. The van der Waals surface area contributed by atoms with Crippen LogP contribution in [0.1, 0.15) is 19.8 Å². The van der Waals surface area contributed by atoms with Crippen LogP contribution in [0.5, 0.6) is 0 Å². The number of anilines is 2. The van der Waals surface area contributed by atoms with Gasteiger partial charge >= 0.3 is 5.69 Å². The summed E-state index contributed by atoms with van der Waals surface area (Å²) < 4.78 is 4.81. The molecule has 24 heavy (non-hydrogen) atoms. The average Bonchev–Trinajstić information content (AvgIpc) is 3.02. The van der Waals surface area contributed by atoms with Crippen LogP contribution >= 0.6 is 0 Å². The summed E-state index contributed by atoms with van der Waals surface area (Å²) in [6.45, 7) is 4.11. The van der Waals surface area contributed by atoms with Crippen LogP contribution in [0.2, 0.25) is 0 Å². The molecule has 1 N–H and O–H groups in total. The quantitative estimate of drug-likeness (QED) is 0.651. The van der Waals surface area contributed by atoms with Gasteiger partial charge in [0.1, 0.15) is 5.69 Å². The van der Waals surface area contributed by atoms with E-state index < -0.39 is 4.92 Å². The Balaban J connectivity index is 2.17. The molecule has 1 aromatic heterocycles. The number of benzene rings is 1. The van der Waals surface area contributed by atoms with Crippen LogP contribution in [0, 0.1) is 16.0 Å². The molecule has 0 spiro atoms. The molecule has 1 aromatic carbocycles. The van der Waals surface area contributed by atoms with Gasteiger partial charge in [0.15, 0.2) is 5.52 Å². The molecule has 1 aliphatic rings. The first-order chi connectivity index (χ1) is 11.5.